The topological polar surface area (TPSA) is 81.2 Å². The maximum absolute atomic E-state index is 12.9. The van der Waals surface area contributed by atoms with Crippen LogP contribution < -0.4 is 4.90 Å². The van der Waals surface area contributed by atoms with Gasteiger partial charge in [0.2, 0.25) is 0 Å². The highest BCUT2D eigenvalue weighted by Crippen LogP contribution is 2.32. The molecule has 7 nitrogen and oxygen atoms in total. The average molecular weight is 523 g/mol. The van der Waals surface area contributed by atoms with Gasteiger partial charge in [0.15, 0.2) is 5.82 Å². The Labute approximate surface area is 218 Å². The Kier molecular flexibility index (Phi) is 7.07. The molecule has 0 saturated carbocycles. The number of nitrogens with zero attached hydrogens (tertiary/aromatic N) is 5. The lowest BCUT2D eigenvalue weighted by molar-refractivity contribution is -0.137. The number of tetrazole rings is 1. The van der Waals surface area contributed by atoms with E-state index in [4.69, 9.17) is 0 Å². The van der Waals surface area contributed by atoms with Gasteiger partial charge in [-0.3, -0.25) is 4.90 Å². The highest BCUT2D eigenvalue weighted by molar-refractivity contribution is 5.61. The monoisotopic (exact) mass is 522 g/mol. The summed E-state index contributed by atoms with van der Waals surface area (Å²) < 4.78 is 38.7. The molecular weight excluding hydrogens is 493 g/mol. The van der Waals surface area contributed by atoms with Crippen molar-refractivity contribution in [1.29, 1.82) is 0 Å². The number of phenolic OH excluding ortho intramolecular Hbond substituents is 1. The van der Waals surface area contributed by atoms with Crippen LogP contribution >= 0.6 is 0 Å². The van der Waals surface area contributed by atoms with E-state index < -0.39 is 11.7 Å². The second kappa shape index (κ2) is 10.4. The van der Waals surface area contributed by atoms with Gasteiger partial charge in [-0.15, -0.1) is 5.10 Å². The van der Waals surface area contributed by atoms with E-state index in [0.717, 1.165) is 53.2 Å². The summed E-state index contributed by atoms with van der Waals surface area (Å²) in [6.45, 7) is 6.30. The molecule has 0 spiro atoms. The van der Waals surface area contributed by atoms with Crippen molar-refractivity contribution in [3.05, 3.63) is 89.0 Å². The van der Waals surface area contributed by atoms with E-state index in [1.54, 1.807) is 24.3 Å². The van der Waals surface area contributed by atoms with Crippen molar-refractivity contribution in [1.82, 2.24) is 25.5 Å². The maximum atomic E-state index is 12.9. The summed E-state index contributed by atoms with van der Waals surface area (Å²) in [5.41, 5.74) is 4.06. The predicted molar refractivity (Wildman–Crippen MR) is 139 cm³/mol. The largest absolute Gasteiger partial charge is 0.508 e. The number of alkyl halides is 3. The van der Waals surface area contributed by atoms with Crippen molar-refractivity contribution < 1.29 is 18.3 Å². The van der Waals surface area contributed by atoms with Gasteiger partial charge in [0.25, 0.3) is 0 Å². The first-order chi connectivity index (χ1) is 18.2. The van der Waals surface area contributed by atoms with Crippen molar-refractivity contribution in [2.24, 2.45) is 0 Å². The average Bonchev–Trinajstić information content (AvgIpc) is 3.41. The summed E-state index contributed by atoms with van der Waals surface area (Å²) in [5, 5.41) is 24.8. The first-order valence-corrected chi connectivity index (χ1v) is 12.5. The molecule has 0 aliphatic carbocycles. The molecule has 0 unspecified atom stereocenters. The molecule has 4 aromatic rings. The van der Waals surface area contributed by atoms with E-state index in [1.165, 1.54) is 0 Å². The SMILES string of the molecule is C[C@@H]1CN(c2cc(O)cc(Cc3ccccc3-c3nnn[nH]3)c2)[C@@H](C)CN1Cc1ccc(C(F)(F)F)cc1. The summed E-state index contributed by atoms with van der Waals surface area (Å²) in [6.07, 6.45) is -3.74. The van der Waals surface area contributed by atoms with E-state index in [2.05, 4.69) is 50.3 Å². The van der Waals surface area contributed by atoms with Crippen LogP contribution in [-0.2, 0) is 19.1 Å². The molecule has 3 aromatic carbocycles. The molecular formula is C28H29F3N6O. The number of nitrogens with one attached hydrogen (secondary N) is 1. The smallest absolute Gasteiger partial charge is 0.416 e. The van der Waals surface area contributed by atoms with Gasteiger partial charge in [-0.2, -0.15) is 13.2 Å². The van der Waals surface area contributed by atoms with Gasteiger partial charge >= 0.3 is 6.18 Å². The standard InChI is InChI=1S/C28H29F3N6O/c1-18-16-37(19(2)15-36(18)17-20-7-9-23(10-8-20)28(29,30)31)24-12-21(13-25(38)14-24)11-22-5-3-4-6-26(22)27-32-34-35-33-27/h3-10,12-14,18-19,38H,11,15-17H2,1-2H3,(H,32,33,34,35)/t18-,19+/m1/s1. The Morgan fingerprint density at radius 3 is 2.42 bits per heavy atom. The Balaban J connectivity index is 1.31. The molecule has 2 N–H and O–H groups in total. The first-order valence-electron chi connectivity index (χ1n) is 12.5. The zero-order valence-electron chi connectivity index (χ0n) is 21.2. The Morgan fingerprint density at radius 1 is 0.947 bits per heavy atom. The minimum atomic E-state index is -4.33. The molecule has 0 radical (unpaired) electrons. The molecule has 2 atom stereocenters. The third kappa shape index (κ3) is 5.65. The van der Waals surface area contributed by atoms with Gasteiger partial charge in [-0.1, -0.05) is 36.4 Å². The number of aromatic amines is 1. The third-order valence-corrected chi connectivity index (χ3v) is 7.09. The maximum Gasteiger partial charge on any atom is 0.416 e. The molecule has 198 valence electrons. The number of aromatic nitrogens is 4. The fourth-order valence-electron chi connectivity index (χ4n) is 5.13. The molecule has 38 heavy (non-hydrogen) atoms. The number of phenols is 1. The first kappa shape index (κ1) is 25.7. The van der Waals surface area contributed by atoms with Crippen LogP contribution in [0.3, 0.4) is 0 Å². The fraction of sp³-hybridized carbons (Fsp3) is 0.321. The van der Waals surface area contributed by atoms with E-state index in [-0.39, 0.29) is 17.8 Å². The number of anilines is 1. The van der Waals surface area contributed by atoms with Crippen molar-refractivity contribution in [3.8, 4) is 17.1 Å². The van der Waals surface area contributed by atoms with Crippen molar-refractivity contribution in [2.75, 3.05) is 18.0 Å². The summed E-state index contributed by atoms with van der Waals surface area (Å²) in [4.78, 5) is 4.57. The lowest BCUT2D eigenvalue weighted by Gasteiger charge is -2.45. The lowest BCUT2D eigenvalue weighted by Crippen LogP contribution is -2.56. The van der Waals surface area contributed by atoms with E-state index in [0.29, 0.717) is 18.8 Å². The quantitative estimate of drug-likeness (QED) is 0.359. The second-order valence-electron chi connectivity index (χ2n) is 9.92. The van der Waals surface area contributed by atoms with E-state index in [9.17, 15) is 18.3 Å². The number of benzene rings is 3. The Hall–Kier alpha value is -3.92. The van der Waals surface area contributed by atoms with Crippen LogP contribution in [0.2, 0.25) is 0 Å². The summed E-state index contributed by atoms with van der Waals surface area (Å²) >= 11 is 0. The number of aromatic hydroxyl groups is 1. The van der Waals surface area contributed by atoms with Crippen LogP contribution in [0.1, 0.15) is 36.1 Å². The summed E-state index contributed by atoms with van der Waals surface area (Å²) in [5.74, 6) is 0.788. The lowest BCUT2D eigenvalue weighted by atomic mass is 9.98. The van der Waals surface area contributed by atoms with Crippen molar-refractivity contribution in [3.63, 3.8) is 0 Å². The van der Waals surface area contributed by atoms with Gasteiger partial charge in [-0.05, 0) is 71.7 Å². The molecule has 0 bridgehead atoms. The molecule has 1 aliphatic heterocycles. The molecule has 1 aliphatic rings. The number of piperazine rings is 1. The third-order valence-electron chi connectivity index (χ3n) is 7.09. The Bertz CT molecular complexity index is 1370. The zero-order chi connectivity index (χ0) is 26.9. The van der Waals surface area contributed by atoms with E-state index >= 15 is 0 Å². The Morgan fingerprint density at radius 2 is 1.71 bits per heavy atom. The van der Waals surface area contributed by atoms with Crippen molar-refractivity contribution >= 4 is 5.69 Å². The molecule has 1 aromatic heterocycles. The van der Waals surface area contributed by atoms with Gasteiger partial charge < -0.3 is 10.0 Å². The van der Waals surface area contributed by atoms with E-state index in [1.807, 2.05) is 24.3 Å². The molecule has 5 rings (SSSR count). The van der Waals surface area contributed by atoms with Crippen LogP contribution in [-0.4, -0.2) is 55.8 Å². The number of hydrogen-bond donors (Lipinski definition) is 2. The van der Waals surface area contributed by atoms with Crippen LogP contribution in [0.4, 0.5) is 18.9 Å². The van der Waals surface area contributed by atoms with Gasteiger partial charge in [0.1, 0.15) is 5.75 Å². The molecule has 10 heteroatoms. The second-order valence-corrected chi connectivity index (χ2v) is 9.92. The normalized spacial score (nSPS) is 18.6. The highest BCUT2D eigenvalue weighted by atomic mass is 19.4. The highest BCUT2D eigenvalue weighted by Gasteiger charge is 2.31. The zero-order valence-corrected chi connectivity index (χ0v) is 21.2. The van der Waals surface area contributed by atoms with Crippen molar-refractivity contribution in [2.45, 2.75) is 45.1 Å². The van der Waals surface area contributed by atoms with Crippen LogP contribution in [0.25, 0.3) is 11.4 Å². The number of hydrogen-bond acceptors (Lipinski definition) is 6. The fourth-order valence-corrected chi connectivity index (χ4v) is 5.13. The summed E-state index contributed by atoms with van der Waals surface area (Å²) in [7, 11) is 0. The van der Waals surface area contributed by atoms with Gasteiger partial charge in [0.05, 0.1) is 5.56 Å². The molecule has 2 heterocycles. The molecule has 1 saturated heterocycles. The minimum absolute atomic E-state index is 0.142. The van der Waals surface area contributed by atoms with Crippen LogP contribution in [0.15, 0.2) is 66.7 Å². The minimum Gasteiger partial charge on any atom is -0.508 e. The number of halogens is 3. The van der Waals surface area contributed by atoms with Crippen LogP contribution in [0.5, 0.6) is 5.75 Å². The number of rotatable bonds is 6. The number of H-pyrrole nitrogens is 1. The molecule has 1 fully saturated rings. The predicted octanol–water partition coefficient (Wildman–Crippen LogP) is 5.28. The molecule has 0 amide bonds. The summed E-state index contributed by atoms with van der Waals surface area (Å²) in [6, 6.07) is 19.2. The van der Waals surface area contributed by atoms with Crippen LogP contribution in [0, 0.1) is 0 Å². The van der Waals surface area contributed by atoms with Gasteiger partial charge in [-0.25, -0.2) is 5.10 Å². The van der Waals surface area contributed by atoms with Gasteiger partial charge in [0, 0.05) is 49.0 Å².